The van der Waals surface area contributed by atoms with Gasteiger partial charge in [0.15, 0.2) is 0 Å². The molecule has 0 radical (unpaired) electrons. The predicted octanol–water partition coefficient (Wildman–Crippen LogP) is 3.63. The summed E-state index contributed by atoms with van der Waals surface area (Å²) in [5, 5.41) is 10.8. The van der Waals surface area contributed by atoms with E-state index in [1.54, 1.807) is 18.2 Å². The zero-order valence-electron chi connectivity index (χ0n) is 13.6. The van der Waals surface area contributed by atoms with Crippen LogP contribution in [0, 0.1) is 10.1 Å². The zero-order valence-corrected chi connectivity index (χ0v) is 13.6. The molecule has 3 rings (SSSR count). The second-order valence-corrected chi connectivity index (χ2v) is 6.20. The van der Waals surface area contributed by atoms with Crippen LogP contribution in [0.1, 0.15) is 18.1 Å². The molecule has 1 heterocycles. The average Bonchev–Trinajstić information content (AvgIpc) is 2.78. The Kier molecular flexibility index (Phi) is 3.93. The number of non-ortho nitro benzene ring substituents is 1. The first-order valence-electron chi connectivity index (χ1n) is 7.70. The van der Waals surface area contributed by atoms with E-state index in [1.165, 1.54) is 12.1 Å². The van der Waals surface area contributed by atoms with Gasteiger partial charge in [0.2, 0.25) is 0 Å². The molecule has 5 nitrogen and oxygen atoms in total. The third-order valence-corrected chi connectivity index (χ3v) is 4.72. The van der Waals surface area contributed by atoms with Gasteiger partial charge in [-0.3, -0.25) is 14.9 Å². The number of para-hydroxylation sites is 1. The van der Waals surface area contributed by atoms with Crippen LogP contribution in [-0.4, -0.2) is 18.3 Å². The third kappa shape index (κ3) is 2.48. The standard InChI is InChI=1S/C19H18N2O3/c1-19(13-14-7-9-15(10-8-14)21(23)24)16-5-3-4-6-17(16)20(2)18(19)11-12-22/h3-12H,13H2,1-2H3. The van der Waals surface area contributed by atoms with Crippen molar-refractivity contribution in [2.24, 2.45) is 0 Å². The van der Waals surface area contributed by atoms with Crippen molar-refractivity contribution in [1.82, 2.24) is 0 Å². The number of carbonyl (C=O) groups excluding carboxylic acids is 1. The van der Waals surface area contributed by atoms with Gasteiger partial charge in [-0.05, 0) is 36.6 Å². The Labute approximate surface area is 140 Å². The molecular formula is C19H18N2O3. The van der Waals surface area contributed by atoms with Crippen LogP contribution in [0.2, 0.25) is 0 Å². The van der Waals surface area contributed by atoms with E-state index in [0.717, 1.165) is 28.8 Å². The van der Waals surface area contributed by atoms with Gasteiger partial charge in [0.1, 0.15) is 6.29 Å². The number of carbonyl (C=O) groups is 1. The number of benzene rings is 2. The summed E-state index contributed by atoms with van der Waals surface area (Å²) in [6, 6.07) is 14.7. The minimum absolute atomic E-state index is 0.0801. The fraction of sp³-hybridized carbons (Fsp3) is 0.211. The molecule has 0 N–H and O–H groups in total. The van der Waals surface area contributed by atoms with Gasteiger partial charge in [-0.1, -0.05) is 30.3 Å². The van der Waals surface area contributed by atoms with Crippen molar-refractivity contribution >= 4 is 17.7 Å². The lowest BCUT2D eigenvalue weighted by Gasteiger charge is -2.28. The highest BCUT2D eigenvalue weighted by Gasteiger charge is 2.42. The van der Waals surface area contributed by atoms with Gasteiger partial charge in [0, 0.05) is 36.0 Å². The maximum Gasteiger partial charge on any atom is 0.269 e. The lowest BCUT2D eigenvalue weighted by Crippen LogP contribution is -2.29. The molecule has 0 saturated carbocycles. The first-order valence-corrected chi connectivity index (χ1v) is 7.70. The fourth-order valence-electron chi connectivity index (χ4n) is 3.56. The number of likely N-dealkylation sites (N-methyl/N-ethyl adjacent to an activating group) is 1. The number of hydrogen-bond donors (Lipinski definition) is 0. The lowest BCUT2D eigenvalue weighted by molar-refractivity contribution is -0.384. The smallest absolute Gasteiger partial charge is 0.269 e. The van der Waals surface area contributed by atoms with Crippen molar-refractivity contribution in [2.75, 3.05) is 11.9 Å². The minimum Gasteiger partial charge on any atom is -0.347 e. The SMILES string of the molecule is CN1C(=CC=O)C(C)(Cc2ccc([N+](=O)[O-])cc2)c2ccccc21. The number of nitro benzene ring substituents is 1. The maximum absolute atomic E-state index is 11.1. The van der Waals surface area contributed by atoms with Crippen LogP contribution < -0.4 is 4.90 Å². The summed E-state index contributed by atoms with van der Waals surface area (Å²) in [4.78, 5) is 23.6. The van der Waals surface area contributed by atoms with Crippen LogP contribution in [0.25, 0.3) is 0 Å². The number of fused-ring (bicyclic) bond motifs is 1. The molecular weight excluding hydrogens is 304 g/mol. The molecule has 0 bridgehead atoms. The summed E-state index contributed by atoms with van der Waals surface area (Å²) in [7, 11) is 1.95. The Morgan fingerprint density at radius 1 is 1.17 bits per heavy atom. The molecule has 1 aliphatic heterocycles. The number of aldehydes is 1. The van der Waals surface area contributed by atoms with E-state index in [1.807, 2.05) is 30.1 Å². The number of nitrogens with zero attached hydrogens (tertiary/aromatic N) is 2. The molecule has 0 amide bonds. The van der Waals surface area contributed by atoms with Crippen molar-refractivity contribution in [3.8, 4) is 0 Å². The molecule has 5 heteroatoms. The summed E-state index contributed by atoms with van der Waals surface area (Å²) >= 11 is 0. The fourth-order valence-corrected chi connectivity index (χ4v) is 3.56. The Hall–Kier alpha value is -2.95. The number of allylic oxidation sites excluding steroid dienone is 2. The van der Waals surface area contributed by atoms with Gasteiger partial charge >= 0.3 is 0 Å². The highest BCUT2D eigenvalue weighted by molar-refractivity contribution is 5.77. The molecule has 2 aromatic carbocycles. The molecule has 0 spiro atoms. The monoisotopic (exact) mass is 322 g/mol. The van der Waals surface area contributed by atoms with Crippen molar-refractivity contribution in [1.29, 1.82) is 0 Å². The summed E-state index contributed by atoms with van der Waals surface area (Å²) in [6.07, 6.45) is 3.07. The van der Waals surface area contributed by atoms with Crippen LogP contribution in [-0.2, 0) is 16.6 Å². The Morgan fingerprint density at radius 2 is 1.83 bits per heavy atom. The van der Waals surface area contributed by atoms with Gasteiger partial charge in [0.25, 0.3) is 5.69 Å². The van der Waals surface area contributed by atoms with Crippen molar-refractivity contribution < 1.29 is 9.72 Å². The first kappa shape index (κ1) is 15.9. The first-order chi connectivity index (χ1) is 11.5. The van der Waals surface area contributed by atoms with Crippen LogP contribution in [0.3, 0.4) is 0 Å². The van der Waals surface area contributed by atoms with Gasteiger partial charge in [0.05, 0.1) is 4.92 Å². The third-order valence-electron chi connectivity index (χ3n) is 4.72. The molecule has 0 aromatic heterocycles. The average molecular weight is 322 g/mol. The van der Waals surface area contributed by atoms with E-state index >= 15 is 0 Å². The van der Waals surface area contributed by atoms with Crippen molar-refractivity contribution in [3.63, 3.8) is 0 Å². The second kappa shape index (κ2) is 5.92. The Bertz CT molecular complexity index is 827. The van der Waals surface area contributed by atoms with Crippen LogP contribution >= 0.6 is 0 Å². The van der Waals surface area contributed by atoms with Crippen LogP contribution in [0.4, 0.5) is 11.4 Å². The second-order valence-electron chi connectivity index (χ2n) is 6.20. The zero-order chi connectivity index (χ0) is 17.3. The minimum atomic E-state index is -0.401. The molecule has 1 unspecified atom stereocenters. The van der Waals surface area contributed by atoms with E-state index in [0.29, 0.717) is 6.42 Å². The summed E-state index contributed by atoms with van der Waals surface area (Å²) in [5.41, 5.74) is 3.87. The summed E-state index contributed by atoms with van der Waals surface area (Å²) in [6.45, 7) is 2.10. The highest BCUT2D eigenvalue weighted by Crippen LogP contribution is 2.48. The molecule has 1 atom stereocenters. The van der Waals surface area contributed by atoms with E-state index < -0.39 is 4.92 Å². The van der Waals surface area contributed by atoms with E-state index in [-0.39, 0.29) is 11.1 Å². The number of rotatable bonds is 4. The quantitative estimate of drug-likeness (QED) is 0.373. The van der Waals surface area contributed by atoms with E-state index in [2.05, 4.69) is 13.0 Å². The highest BCUT2D eigenvalue weighted by atomic mass is 16.6. The molecule has 0 fully saturated rings. The number of nitro groups is 1. The molecule has 24 heavy (non-hydrogen) atoms. The molecule has 2 aromatic rings. The number of hydrogen-bond acceptors (Lipinski definition) is 4. The molecule has 122 valence electrons. The predicted molar refractivity (Wildman–Crippen MR) is 93.1 cm³/mol. The Morgan fingerprint density at radius 3 is 2.46 bits per heavy atom. The van der Waals surface area contributed by atoms with Crippen LogP contribution in [0.5, 0.6) is 0 Å². The van der Waals surface area contributed by atoms with Gasteiger partial charge in [-0.2, -0.15) is 0 Å². The van der Waals surface area contributed by atoms with E-state index in [4.69, 9.17) is 0 Å². The topological polar surface area (TPSA) is 63.5 Å². The normalized spacial score (nSPS) is 20.9. The Balaban J connectivity index is 2.04. The maximum atomic E-state index is 11.1. The van der Waals surface area contributed by atoms with Gasteiger partial charge in [-0.25, -0.2) is 0 Å². The number of anilines is 1. The van der Waals surface area contributed by atoms with Gasteiger partial charge in [-0.15, -0.1) is 0 Å². The van der Waals surface area contributed by atoms with Gasteiger partial charge < -0.3 is 4.90 Å². The molecule has 0 saturated heterocycles. The summed E-state index contributed by atoms with van der Waals surface area (Å²) in [5.74, 6) is 0. The summed E-state index contributed by atoms with van der Waals surface area (Å²) < 4.78 is 0. The molecule has 0 aliphatic carbocycles. The van der Waals surface area contributed by atoms with Crippen LogP contribution in [0.15, 0.2) is 60.3 Å². The molecule has 1 aliphatic rings. The van der Waals surface area contributed by atoms with E-state index in [9.17, 15) is 14.9 Å². The lowest BCUT2D eigenvalue weighted by atomic mass is 9.76. The van der Waals surface area contributed by atoms with Crippen molar-refractivity contribution in [2.45, 2.75) is 18.8 Å². The van der Waals surface area contributed by atoms with Crippen molar-refractivity contribution in [3.05, 3.63) is 81.5 Å². The largest absolute Gasteiger partial charge is 0.347 e.